The maximum Gasteiger partial charge on any atom is 0.271 e. The van der Waals surface area contributed by atoms with E-state index in [1.54, 1.807) is 12.4 Å². The standard InChI is InChI=1S/C22H24N6O/c1-17(18-7-3-2-4-8-18)26-22(29)19-15-25-21(16-24-19)28-13-11-27(12-14-28)20-9-5-6-10-23-20/h2-10,15-17H,11-14H2,1H3,(H,26,29). The largest absolute Gasteiger partial charge is 0.353 e. The van der Waals surface area contributed by atoms with Crippen molar-refractivity contribution in [1.29, 1.82) is 0 Å². The monoisotopic (exact) mass is 388 g/mol. The summed E-state index contributed by atoms with van der Waals surface area (Å²) < 4.78 is 0. The highest BCUT2D eigenvalue weighted by Gasteiger charge is 2.20. The Labute approximate surface area is 170 Å². The third kappa shape index (κ3) is 4.51. The third-order valence-electron chi connectivity index (χ3n) is 5.09. The predicted octanol–water partition coefficient (Wildman–Crippen LogP) is 2.69. The predicted molar refractivity (Wildman–Crippen MR) is 113 cm³/mol. The summed E-state index contributed by atoms with van der Waals surface area (Å²) in [6, 6.07) is 15.7. The van der Waals surface area contributed by atoms with Crippen molar-refractivity contribution in [2.24, 2.45) is 0 Å². The number of rotatable bonds is 5. The lowest BCUT2D eigenvalue weighted by Crippen LogP contribution is -2.47. The quantitative estimate of drug-likeness (QED) is 0.724. The summed E-state index contributed by atoms with van der Waals surface area (Å²) in [6.07, 6.45) is 5.04. The molecule has 0 spiro atoms. The van der Waals surface area contributed by atoms with Crippen LogP contribution in [0.2, 0.25) is 0 Å². The van der Waals surface area contributed by atoms with Crippen LogP contribution in [-0.2, 0) is 0 Å². The van der Waals surface area contributed by atoms with Gasteiger partial charge in [0.15, 0.2) is 0 Å². The summed E-state index contributed by atoms with van der Waals surface area (Å²) in [5, 5.41) is 2.97. The number of carbonyl (C=O) groups is 1. The molecular weight excluding hydrogens is 364 g/mol. The smallest absolute Gasteiger partial charge is 0.271 e. The maximum atomic E-state index is 12.5. The lowest BCUT2D eigenvalue weighted by atomic mass is 10.1. The zero-order valence-electron chi connectivity index (χ0n) is 16.4. The van der Waals surface area contributed by atoms with Gasteiger partial charge in [-0.15, -0.1) is 0 Å². The molecule has 3 heterocycles. The Morgan fingerprint density at radius 3 is 2.17 bits per heavy atom. The number of hydrogen-bond donors (Lipinski definition) is 1. The van der Waals surface area contributed by atoms with Gasteiger partial charge in [-0.3, -0.25) is 4.79 Å². The number of aromatic nitrogens is 3. The van der Waals surface area contributed by atoms with Gasteiger partial charge in [-0.05, 0) is 24.6 Å². The van der Waals surface area contributed by atoms with Crippen molar-refractivity contribution in [2.75, 3.05) is 36.0 Å². The molecule has 1 N–H and O–H groups in total. The minimum absolute atomic E-state index is 0.0927. The van der Waals surface area contributed by atoms with Crippen LogP contribution < -0.4 is 15.1 Å². The summed E-state index contributed by atoms with van der Waals surface area (Å²) in [5.41, 5.74) is 1.37. The number of amides is 1. The lowest BCUT2D eigenvalue weighted by Gasteiger charge is -2.35. The maximum absolute atomic E-state index is 12.5. The van der Waals surface area contributed by atoms with E-state index in [9.17, 15) is 4.79 Å². The van der Waals surface area contributed by atoms with Crippen molar-refractivity contribution >= 4 is 17.5 Å². The molecule has 4 rings (SSSR count). The Balaban J connectivity index is 1.34. The van der Waals surface area contributed by atoms with E-state index >= 15 is 0 Å². The van der Waals surface area contributed by atoms with E-state index in [-0.39, 0.29) is 11.9 Å². The topological polar surface area (TPSA) is 74.2 Å². The summed E-state index contributed by atoms with van der Waals surface area (Å²) in [7, 11) is 0. The molecule has 7 nitrogen and oxygen atoms in total. The fourth-order valence-electron chi connectivity index (χ4n) is 3.40. The Hall–Kier alpha value is -3.48. The molecule has 2 aromatic heterocycles. The van der Waals surface area contributed by atoms with E-state index in [0.29, 0.717) is 5.69 Å². The zero-order valence-corrected chi connectivity index (χ0v) is 16.4. The molecule has 148 valence electrons. The number of anilines is 2. The molecule has 0 bridgehead atoms. The fraction of sp³-hybridized carbons (Fsp3) is 0.273. The van der Waals surface area contributed by atoms with Gasteiger partial charge in [-0.1, -0.05) is 36.4 Å². The van der Waals surface area contributed by atoms with Crippen LogP contribution in [0.25, 0.3) is 0 Å². The van der Waals surface area contributed by atoms with Crippen molar-refractivity contribution in [2.45, 2.75) is 13.0 Å². The molecule has 1 saturated heterocycles. The number of carbonyl (C=O) groups excluding carboxylic acids is 1. The first-order valence-electron chi connectivity index (χ1n) is 9.79. The number of pyridine rings is 1. The van der Waals surface area contributed by atoms with E-state index in [1.165, 1.54) is 0 Å². The average molecular weight is 388 g/mol. The minimum atomic E-state index is -0.222. The van der Waals surface area contributed by atoms with Gasteiger partial charge in [0, 0.05) is 32.4 Å². The molecule has 7 heteroatoms. The number of nitrogens with zero attached hydrogens (tertiary/aromatic N) is 5. The molecule has 1 aliphatic heterocycles. The number of benzene rings is 1. The van der Waals surface area contributed by atoms with E-state index in [0.717, 1.165) is 43.4 Å². The second-order valence-corrected chi connectivity index (χ2v) is 7.03. The second-order valence-electron chi connectivity index (χ2n) is 7.03. The van der Waals surface area contributed by atoms with Crippen molar-refractivity contribution in [3.05, 3.63) is 78.4 Å². The first kappa shape index (κ1) is 18.9. The van der Waals surface area contributed by atoms with Gasteiger partial charge in [0.1, 0.15) is 17.3 Å². The van der Waals surface area contributed by atoms with Gasteiger partial charge < -0.3 is 15.1 Å². The van der Waals surface area contributed by atoms with Gasteiger partial charge in [0.2, 0.25) is 0 Å². The Morgan fingerprint density at radius 1 is 0.862 bits per heavy atom. The van der Waals surface area contributed by atoms with Gasteiger partial charge in [-0.2, -0.15) is 0 Å². The SMILES string of the molecule is CC(NC(=O)c1cnc(N2CCN(c3ccccn3)CC2)cn1)c1ccccc1. The average Bonchev–Trinajstić information content (AvgIpc) is 2.80. The molecule has 0 aliphatic carbocycles. The van der Waals surface area contributed by atoms with Crippen LogP contribution in [-0.4, -0.2) is 47.0 Å². The summed E-state index contributed by atoms with van der Waals surface area (Å²) >= 11 is 0. The first-order valence-corrected chi connectivity index (χ1v) is 9.79. The molecule has 1 atom stereocenters. The molecule has 3 aromatic rings. The summed E-state index contributed by atoms with van der Waals surface area (Å²) in [4.78, 5) is 30.1. The van der Waals surface area contributed by atoms with Gasteiger partial charge in [-0.25, -0.2) is 15.0 Å². The van der Waals surface area contributed by atoms with E-state index in [2.05, 4.69) is 30.1 Å². The van der Waals surface area contributed by atoms with Crippen LogP contribution in [0.3, 0.4) is 0 Å². The lowest BCUT2D eigenvalue weighted by molar-refractivity contribution is 0.0934. The van der Waals surface area contributed by atoms with Gasteiger partial charge in [0.25, 0.3) is 5.91 Å². The Kier molecular flexibility index (Phi) is 5.65. The molecule has 1 fully saturated rings. The zero-order chi connectivity index (χ0) is 20.1. The highest BCUT2D eigenvalue weighted by atomic mass is 16.1. The normalized spacial score (nSPS) is 15.1. The summed E-state index contributed by atoms with van der Waals surface area (Å²) in [5.74, 6) is 1.57. The first-order chi connectivity index (χ1) is 14.2. The highest BCUT2D eigenvalue weighted by molar-refractivity contribution is 5.92. The highest BCUT2D eigenvalue weighted by Crippen LogP contribution is 2.17. The molecule has 0 radical (unpaired) electrons. The van der Waals surface area contributed by atoms with Crippen LogP contribution in [0.5, 0.6) is 0 Å². The van der Waals surface area contributed by atoms with Crippen molar-refractivity contribution in [3.8, 4) is 0 Å². The van der Waals surface area contributed by atoms with E-state index < -0.39 is 0 Å². The van der Waals surface area contributed by atoms with Gasteiger partial charge >= 0.3 is 0 Å². The van der Waals surface area contributed by atoms with Crippen LogP contribution >= 0.6 is 0 Å². The molecule has 1 unspecified atom stereocenters. The van der Waals surface area contributed by atoms with Crippen LogP contribution in [0, 0.1) is 0 Å². The van der Waals surface area contributed by atoms with Crippen molar-refractivity contribution in [3.63, 3.8) is 0 Å². The molecular formula is C22H24N6O. The summed E-state index contributed by atoms with van der Waals surface area (Å²) in [6.45, 7) is 5.37. The van der Waals surface area contributed by atoms with E-state index in [4.69, 9.17) is 0 Å². The van der Waals surface area contributed by atoms with Gasteiger partial charge in [0.05, 0.1) is 18.4 Å². The number of nitrogens with one attached hydrogen (secondary N) is 1. The Bertz CT molecular complexity index is 925. The molecule has 1 aromatic carbocycles. The van der Waals surface area contributed by atoms with Crippen LogP contribution in [0.15, 0.2) is 67.1 Å². The number of hydrogen-bond acceptors (Lipinski definition) is 6. The second kappa shape index (κ2) is 8.68. The van der Waals surface area contributed by atoms with E-state index in [1.807, 2.05) is 61.7 Å². The molecule has 0 saturated carbocycles. The molecule has 1 aliphatic rings. The van der Waals surface area contributed by atoms with Crippen molar-refractivity contribution in [1.82, 2.24) is 20.3 Å². The fourth-order valence-corrected chi connectivity index (χ4v) is 3.40. The number of piperazine rings is 1. The van der Waals surface area contributed by atoms with Crippen LogP contribution in [0.1, 0.15) is 29.0 Å². The molecule has 1 amide bonds. The van der Waals surface area contributed by atoms with Crippen LogP contribution in [0.4, 0.5) is 11.6 Å². The van der Waals surface area contributed by atoms with Crippen molar-refractivity contribution < 1.29 is 4.79 Å². The minimum Gasteiger partial charge on any atom is -0.353 e. The third-order valence-corrected chi connectivity index (χ3v) is 5.09. The molecule has 29 heavy (non-hydrogen) atoms. The Morgan fingerprint density at radius 2 is 1.55 bits per heavy atom.